The summed E-state index contributed by atoms with van der Waals surface area (Å²) in [5, 5.41) is 3.08. The number of aromatic nitrogens is 1. The minimum Gasteiger partial charge on any atom is -0.492 e. The molecule has 0 aliphatic heterocycles. The van der Waals surface area contributed by atoms with Crippen LogP contribution in [-0.2, 0) is 4.74 Å². The lowest BCUT2D eigenvalue weighted by atomic mass is 10.2. The van der Waals surface area contributed by atoms with Gasteiger partial charge >= 0.3 is 5.97 Å². The second kappa shape index (κ2) is 7.25. The maximum Gasteiger partial charge on any atom is 0.341 e. The zero-order valence-electron chi connectivity index (χ0n) is 11.7. The van der Waals surface area contributed by atoms with E-state index in [0.717, 1.165) is 5.69 Å². The average Bonchev–Trinajstić information content (AvgIpc) is 2.53. The number of esters is 1. The largest absolute Gasteiger partial charge is 0.492 e. The van der Waals surface area contributed by atoms with E-state index in [-0.39, 0.29) is 0 Å². The van der Waals surface area contributed by atoms with Gasteiger partial charge in [-0.1, -0.05) is 6.07 Å². The molecule has 1 aromatic heterocycles. The Bertz CT molecular complexity index is 617. The quantitative estimate of drug-likeness (QED) is 0.790. The number of rotatable bonds is 6. The molecule has 110 valence electrons. The smallest absolute Gasteiger partial charge is 0.341 e. The Morgan fingerprint density at radius 2 is 2.19 bits per heavy atom. The predicted octanol–water partition coefficient (Wildman–Crippen LogP) is 1.95. The molecule has 1 heterocycles. The van der Waals surface area contributed by atoms with Crippen LogP contribution in [0.3, 0.4) is 0 Å². The Labute approximate surface area is 122 Å². The third kappa shape index (κ3) is 3.93. The highest BCUT2D eigenvalue weighted by Crippen LogP contribution is 2.22. The summed E-state index contributed by atoms with van der Waals surface area (Å²) in [5.41, 5.74) is 6.53. The van der Waals surface area contributed by atoms with E-state index in [9.17, 15) is 4.79 Å². The Balaban J connectivity index is 2.20. The molecule has 0 aliphatic carbocycles. The summed E-state index contributed by atoms with van der Waals surface area (Å²) < 4.78 is 10.2. The van der Waals surface area contributed by atoms with Gasteiger partial charge in [0.2, 0.25) is 0 Å². The third-order valence-corrected chi connectivity index (χ3v) is 2.70. The highest BCUT2D eigenvalue weighted by Gasteiger charge is 2.12. The number of nitrogens with two attached hydrogens (primary N) is 1. The molecule has 0 unspecified atom stereocenters. The van der Waals surface area contributed by atoms with Crippen molar-refractivity contribution in [2.75, 3.05) is 25.6 Å². The number of ether oxygens (including phenoxy) is 2. The Hall–Kier alpha value is -2.60. The lowest BCUT2D eigenvalue weighted by Gasteiger charge is -2.11. The van der Waals surface area contributed by atoms with Gasteiger partial charge in [0.15, 0.2) is 0 Å². The first-order valence-electron chi connectivity index (χ1n) is 6.48. The van der Waals surface area contributed by atoms with Crippen molar-refractivity contribution in [1.29, 1.82) is 0 Å². The van der Waals surface area contributed by atoms with Crippen LogP contribution in [-0.4, -0.2) is 31.2 Å². The van der Waals surface area contributed by atoms with Crippen LogP contribution in [0.25, 0.3) is 0 Å². The van der Waals surface area contributed by atoms with E-state index in [1.807, 2.05) is 24.3 Å². The summed E-state index contributed by atoms with van der Waals surface area (Å²) in [5.74, 6) is 0.683. The molecule has 0 amide bonds. The normalized spacial score (nSPS) is 10.0. The first-order valence-corrected chi connectivity index (χ1v) is 6.48. The molecule has 2 aromatic rings. The fraction of sp³-hybridized carbons (Fsp3) is 0.200. The van der Waals surface area contributed by atoms with Gasteiger partial charge in [0, 0.05) is 24.5 Å². The van der Waals surface area contributed by atoms with Crippen molar-refractivity contribution in [3.63, 3.8) is 0 Å². The van der Waals surface area contributed by atoms with Gasteiger partial charge in [-0.2, -0.15) is 0 Å². The first-order chi connectivity index (χ1) is 10.2. The van der Waals surface area contributed by atoms with Crippen LogP contribution in [0.15, 0.2) is 42.6 Å². The predicted molar refractivity (Wildman–Crippen MR) is 79.9 cm³/mol. The van der Waals surface area contributed by atoms with E-state index in [1.54, 1.807) is 18.3 Å². The second-order valence-electron chi connectivity index (χ2n) is 4.18. The molecule has 3 N–H and O–H groups in total. The summed E-state index contributed by atoms with van der Waals surface area (Å²) in [4.78, 5) is 15.9. The van der Waals surface area contributed by atoms with Crippen LogP contribution in [0.4, 0.5) is 11.5 Å². The number of carbonyl (C=O) groups is 1. The van der Waals surface area contributed by atoms with Gasteiger partial charge in [-0.15, -0.1) is 0 Å². The van der Waals surface area contributed by atoms with E-state index in [4.69, 9.17) is 15.2 Å². The van der Waals surface area contributed by atoms with Gasteiger partial charge in [-0.3, -0.25) is 0 Å². The maximum atomic E-state index is 11.7. The van der Waals surface area contributed by atoms with Crippen LogP contribution in [0.5, 0.6) is 5.75 Å². The molecule has 0 fully saturated rings. The van der Waals surface area contributed by atoms with Gasteiger partial charge in [0.1, 0.15) is 23.7 Å². The van der Waals surface area contributed by atoms with Crippen molar-refractivity contribution in [2.45, 2.75) is 0 Å². The number of nitrogens with one attached hydrogen (secondary N) is 1. The van der Waals surface area contributed by atoms with E-state index in [1.165, 1.54) is 7.11 Å². The Kier molecular flexibility index (Phi) is 5.11. The summed E-state index contributed by atoms with van der Waals surface area (Å²) >= 11 is 0. The van der Waals surface area contributed by atoms with Gasteiger partial charge in [-0.05, 0) is 24.3 Å². The number of benzene rings is 1. The summed E-state index contributed by atoms with van der Waals surface area (Å²) in [6.07, 6.45) is 1.60. The standard InChI is InChI=1S/C15H17N3O3/c1-20-15(19)13-6-3-8-17-14(13)18-11-4-2-5-12(10-11)21-9-7-16/h2-6,8,10H,7,9,16H2,1H3,(H,17,18). The van der Waals surface area contributed by atoms with Gasteiger partial charge in [0.25, 0.3) is 0 Å². The van der Waals surface area contributed by atoms with Crippen molar-refractivity contribution in [3.8, 4) is 5.75 Å². The Morgan fingerprint density at radius 3 is 2.95 bits per heavy atom. The van der Waals surface area contributed by atoms with Crippen LogP contribution < -0.4 is 15.8 Å². The van der Waals surface area contributed by atoms with Crippen molar-refractivity contribution < 1.29 is 14.3 Å². The fourth-order valence-electron chi connectivity index (χ4n) is 1.76. The zero-order chi connectivity index (χ0) is 15.1. The lowest BCUT2D eigenvalue weighted by molar-refractivity contribution is 0.0601. The monoisotopic (exact) mass is 287 g/mol. The third-order valence-electron chi connectivity index (χ3n) is 2.70. The van der Waals surface area contributed by atoms with Gasteiger partial charge < -0.3 is 20.5 Å². The van der Waals surface area contributed by atoms with E-state index in [2.05, 4.69) is 10.3 Å². The van der Waals surface area contributed by atoms with Crippen LogP contribution >= 0.6 is 0 Å². The summed E-state index contributed by atoms with van der Waals surface area (Å²) in [6, 6.07) is 10.7. The molecule has 0 saturated heterocycles. The molecule has 21 heavy (non-hydrogen) atoms. The van der Waals surface area contributed by atoms with Gasteiger partial charge in [0.05, 0.1) is 7.11 Å². The minimum absolute atomic E-state index is 0.369. The number of anilines is 2. The molecule has 0 atom stereocenters. The SMILES string of the molecule is COC(=O)c1cccnc1Nc1cccc(OCCN)c1. The molecule has 0 saturated carbocycles. The van der Waals surface area contributed by atoms with E-state index in [0.29, 0.717) is 30.3 Å². The summed E-state index contributed by atoms with van der Waals surface area (Å²) in [7, 11) is 1.33. The molecule has 0 aliphatic rings. The fourth-order valence-corrected chi connectivity index (χ4v) is 1.76. The number of pyridine rings is 1. The van der Waals surface area contributed by atoms with Crippen molar-refractivity contribution in [2.24, 2.45) is 5.73 Å². The second-order valence-corrected chi connectivity index (χ2v) is 4.18. The molecular formula is C15H17N3O3. The molecule has 6 nitrogen and oxygen atoms in total. The van der Waals surface area contributed by atoms with E-state index < -0.39 is 5.97 Å². The number of hydrogen-bond donors (Lipinski definition) is 2. The molecule has 2 rings (SSSR count). The molecule has 0 radical (unpaired) electrons. The van der Waals surface area contributed by atoms with Crippen LogP contribution in [0.1, 0.15) is 10.4 Å². The topological polar surface area (TPSA) is 86.5 Å². The molecule has 0 bridgehead atoms. The average molecular weight is 287 g/mol. The molecule has 6 heteroatoms. The summed E-state index contributed by atoms with van der Waals surface area (Å²) in [6.45, 7) is 0.894. The highest BCUT2D eigenvalue weighted by atomic mass is 16.5. The molecular weight excluding hydrogens is 270 g/mol. The van der Waals surface area contributed by atoms with Crippen LogP contribution in [0, 0.1) is 0 Å². The zero-order valence-corrected chi connectivity index (χ0v) is 11.7. The number of nitrogens with zero attached hydrogens (tertiary/aromatic N) is 1. The van der Waals surface area contributed by atoms with Crippen molar-refractivity contribution in [1.82, 2.24) is 4.98 Å². The number of methoxy groups -OCH3 is 1. The van der Waals surface area contributed by atoms with Crippen molar-refractivity contribution in [3.05, 3.63) is 48.2 Å². The minimum atomic E-state index is -0.443. The van der Waals surface area contributed by atoms with E-state index >= 15 is 0 Å². The molecule has 1 aromatic carbocycles. The Morgan fingerprint density at radius 1 is 1.33 bits per heavy atom. The molecule has 0 spiro atoms. The van der Waals surface area contributed by atoms with Gasteiger partial charge in [-0.25, -0.2) is 9.78 Å². The highest BCUT2D eigenvalue weighted by molar-refractivity contribution is 5.95. The number of carbonyl (C=O) groups excluding carboxylic acids is 1. The van der Waals surface area contributed by atoms with Crippen LogP contribution in [0.2, 0.25) is 0 Å². The van der Waals surface area contributed by atoms with Crippen molar-refractivity contribution >= 4 is 17.5 Å². The lowest BCUT2D eigenvalue weighted by Crippen LogP contribution is -2.10. The first kappa shape index (κ1) is 14.8. The maximum absolute atomic E-state index is 11.7. The number of hydrogen-bond acceptors (Lipinski definition) is 6.